The summed E-state index contributed by atoms with van der Waals surface area (Å²) in [5, 5.41) is 1.17. The molecule has 0 aliphatic carbocycles. The number of hydrogen-bond donors (Lipinski definition) is 0. The first-order chi connectivity index (χ1) is 17.9. The second-order valence-corrected chi connectivity index (χ2v) is 9.83. The van der Waals surface area contributed by atoms with Crippen molar-refractivity contribution in [2.45, 2.75) is 57.4 Å². The van der Waals surface area contributed by atoms with Gasteiger partial charge in [0.15, 0.2) is 0 Å². The van der Waals surface area contributed by atoms with Crippen LogP contribution in [-0.2, 0) is 25.5 Å². The van der Waals surface area contributed by atoms with Gasteiger partial charge in [0, 0.05) is 28.9 Å². The number of halogens is 2. The van der Waals surface area contributed by atoms with E-state index in [1.54, 1.807) is 48.5 Å². The summed E-state index contributed by atoms with van der Waals surface area (Å²) in [6.07, 6.45) is 3.51. The first-order valence-corrected chi connectivity index (χ1v) is 13.2. The Kier molecular flexibility index (Phi) is 9.19. The van der Waals surface area contributed by atoms with Crippen molar-refractivity contribution in [2.75, 3.05) is 6.61 Å². The molecule has 6 nitrogen and oxygen atoms in total. The van der Waals surface area contributed by atoms with E-state index in [9.17, 15) is 9.59 Å². The van der Waals surface area contributed by atoms with Gasteiger partial charge in [0.1, 0.15) is 18.2 Å². The summed E-state index contributed by atoms with van der Waals surface area (Å²) < 4.78 is 12.0. The number of morpholine rings is 1. The maximum absolute atomic E-state index is 14.2. The van der Waals surface area contributed by atoms with Gasteiger partial charge in [0.2, 0.25) is 0 Å². The molecule has 1 fully saturated rings. The van der Waals surface area contributed by atoms with Crippen LogP contribution in [0, 0.1) is 0 Å². The van der Waals surface area contributed by atoms with E-state index in [1.807, 2.05) is 43.3 Å². The number of carbonyl (C=O) groups is 2. The molecule has 2 aromatic carbocycles. The summed E-state index contributed by atoms with van der Waals surface area (Å²) in [6.45, 7) is 3.98. The Morgan fingerprint density at radius 1 is 0.973 bits per heavy atom. The third kappa shape index (κ3) is 6.32. The highest BCUT2D eigenvalue weighted by atomic mass is 35.5. The van der Waals surface area contributed by atoms with Gasteiger partial charge in [-0.2, -0.15) is 0 Å². The molecule has 4 rings (SSSR count). The molecule has 3 aromatic rings. The van der Waals surface area contributed by atoms with Crippen molar-refractivity contribution in [1.82, 2.24) is 9.88 Å². The van der Waals surface area contributed by atoms with Crippen LogP contribution in [0.1, 0.15) is 55.5 Å². The van der Waals surface area contributed by atoms with Crippen molar-refractivity contribution in [3.63, 3.8) is 0 Å². The van der Waals surface area contributed by atoms with Crippen LogP contribution < -0.4 is 0 Å². The van der Waals surface area contributed by atoms with Crippen LogP contribution in [0.3, 0.4) is 0 Å². The third-order valence-corrected chi connectivity index (χ3v) is 6.97. The zero-order chi connectivity index (χ0) is 26.4. The highest BCUT2D eigenvalue weighted by Crippen LogP contribution is 2.44. The van der Waals surface area contributed by atoms with Crippen LogP contribution in [0.15, 0.2) is 73.1 Å². The lowest BCUT2D eigenvalue weighted by Crippen LogP contribution is -2.57. The molecule has 0 spiro atoms. The number of ether oxygens (including phenoxy) is 2. The van der Waals surface area contributed by atoms with Gasteiger partial charge in [-0.05, 0) is 66.4 Å². The fourth-order valence-corrected chi connectivity index (χ4v) is 5.02. The highest BCUT2D eigenvalue weighted by molar-refractivity contribution is 6.30. The fourth-order valence-electron chi connectivity index (χ4n) is 4.77. The van der Waals surface area contributed by atoms with Gasteiger partial charge in [-0.25, -0.2) is 4.79 Å². The summed E-state index contributed by atoms with van der Waals surface area (Å²) >= 11 is 12.4. The zero-order valence-corrected chi connectivity index (χ0v) is 22.4. The number of hydrogen-bond acceptors (Lipinski definition) is 5. The second kappa shape index (κ2) is 12.5. The zero-order valence-electron chi connectivity index (χ0n) is 20.8. The largest absolute Gasteiger partial charge is 0.464 e. The second-order valence-electron chi connectivity index (χ2n) is 8.95. The fraction of sp³-hybridized carbons (Fsp3) is 0.345. The third-order valence-electron chi connectivity index (χ3n) is 6.46. The summed E-state index contributed by atoms with van der Waals surface area (Å²) in [6, 6.07) is 17.1. The van der Waals surface area contributed by atoms with Gasteiger partial charge in [-0.15, -0.1) is 0 Å². The summed E-state index contributed by atoms with van der Waals surface area (Å²) in [7, 11) is 0. The maximum atomic E-state index is 14.2. The SMILES string of the molecule is CCC[C@H](C(=O)OCC)N1C(=O)[C@H](Cc2ccncc2)O[C@@H](c2ccc(Cl)cc2)[C@H]1c1ccc(Cl)cc1. The minimum atomic E-state index is -0.805. The number of rotatable bonds is 9. The number of carbonyl (C=O) groups excluding carboxylic acids is 2. The standard InChI is InChI=1S/C29H30Cl2N2O4/c1-3-5-24(29(35)36-4-2)33-26(20-6-10-22(30)11-7-20)27(21-8-12-23(31)13-9-21)37-25(28(33)34)18-19-14-16-32-17-15-19/h6-17,24-27H,3-5,18H2,1-2H3/t24-,25+,26-,27+/m1/s1. The smallest absolute Gasteiger partial charge is 0.328 e. The molecule has 0 radical (unpaired) electrons. The van der Waals surface area contributed by atoms with Crippen LogP contribution in [-0.4, -0.2) is 40.5 Å². The van der Waals surface area contributed by atoms with Crippen molar-refractivity contribution in [3.8, 4) is 0 Å². The highest BCUT2D eigenvalue weighted by Gasteiger charge is 2.48. The molecule has 1 saturated heterocycles. The molecule has 0 bridgehead atoms. The molecule has 1 aromatic heterocycles. The van der Waals surface area contributed by atoms with Crippen molar-refractivity contribution < 1.29 is 19.1 Å². The molecule has 194 valence electrons. The maximum Gasteiger partial charge on any atom is 0.328 e. The molecule has 1 aliphatic rings. The average Bonchev–Trinajstić information content (AvgIpc) is 2.90. The minimum Gasteiger partial charge on any atom is -0.464 e. The molecule has 37 heavy (non-hydrogen) atoms. The van der Waals surface area contributed by atoms with Gasteiger partial charge in [-0.3, -0.25) is 9.78 Å². The van der Waals surface area contributed by atoms with Crippen molar-refractivity contribution in [3.05, 3.63) is 99.8 Å². The van der Waals surface area contributed by atoms with Crippen LogP contribution in [0.4, 0.5) is 0 Å². The molecular weight excluding hydrogens is 511 g/mol. The average molecular weight is 541 g/mol. The number of benzene rings is 2. The van der Waals surface area contributed by atoms with E-state index in [0.29, 0.717) is 29.3 Å². The summed E-state index contributed by atoms with van der Waals surface area (Å²) in [5.41, 5.74) is 2.57. The van der Waals surface area contributed by atoms with Crippen LogP contribution in [0.5, 0.6) is 0 Å². The van der Waals surface area contributed by atoms with Gasteiger partial charge in [-0.1, -0.05) is 60.8 Å². The Hall–Kier alpha value is -2.93. The van der Waals surface area contributed by atoms with Gasteiger partial charge < -0.3 is 14.4 Å². The predicted octanol–water partition coefficient (Wildman–Crippen LogP) is 6.37. The number of amides is 1. The van der Waals surface area contributed by atoms with E-state index >= 15 is 0 Å². The normalized spacial score (nSPS) is 20.5. The predicted molar refractivity (Wildman–Crippen MR) is 143 cm³/mol. The number of nitrogens with zero attached hydrogens (tertiary/aromatic N) is 2. The summed E-state index contributed by atoms with van der Waals surface area (Å²) in [5.74, 6) is -0.676. The van der Waals surface area contributed by atoms with Gasteiger partial charge in [0.05, 0.1) is 12.6 Å². The first kappa shape index (κ1) is 27.1. The van der Waals surface area contributed by atoms with E-state index < -0.39 is 30.3 Å². The molecule has 0 unspecified atom stereocenters. The monoisotopic (exact) mass is 540 g/mol. The van der Waals surface area contributed by atoms with E-state index in [4.69, 9.17) is 32.7 Å². The Morgan fingerprint density at radius 3 is 2.14 bits per heavy atom. The molecular formula is C29H30Cl2N2O4. The molecule has 0 saturated carbocycles. The quantitative estimate of drug-likeness (QED) is 0.295. The van der Waals surface area contributed by atoms with Gasteiger partial charge in [0.25, 0.3) is 5.91 Å². The van der Waals surface area contributed by atoms with E-state index in [2.05, 4.69) is 4.98 Å². The molecule has 8 heteroatoms. The Morgan fingerprint density at radius 2 is 1.57 bits per heavy atom. The topological polar surface area (TPSA) is 68.7 Å². The molecule has 1 amide bonds. The van der Waals surface area contributed by atoms with Crippen molar-refractivity contribution >= 4 is 35.1 Å². The number of esters is 1. The van der Waals surface area contributed by atoms with Crippen molar-refractivity contribution in [2.24, 2.45) is 0 Å². The van der Waals surface area contributed by atoms with Crippen LogP contribution in [0.2, 0.25) is 10.0 Å². The minimum absolute atomic E-state index is 0.226. The molecule has 0 N–H and O–H groups in total. The van der Waals surface area contributed by atoms with E-state index in [-0.39, 0.29) is 12.5 Å². The van der Waals surface area contributed by atoms with E-state index in [0.717, 1.165) is 16.7 Å². The Bertz CT molecular complexity index is 1190. The lowest BCUT2D eigenvalue weighted by atomic mass is 9.88. The molecule has 2 heterocycles. The number of pyridine rings is 1. The molecule has 4 atom stereocenters. The lowest BCUT2D eigenvalue weighted by molar-refractivity contribution is -0.186. The summed E-state index contributed by atoms with van der Waals surface area (Å²) in [4.78, 5) is 33.2. The van der Waals surface area contributed by atoms with Crippen LogP contribution >= 0.6 is 23.2 Å². The lowest BCUT2D eigenvalue weighted by Gasteiger charge is -2.47. The first-order valence-electron chi connectivity index (χ1n) is 12.5. The van der Waals surface area contributed by atoms with Crippen molar-refractivity contribution in [1.29, 1.82) is 0 Å². The van der Waals surface area contributed by atoms with Gasteiger partial charge >= 0.3 is 5.97 Å². The van der Waals surface area contributed by atoms with E-state index in [1.165, 1.54) is 0 Å². The number of aromatic nitrogens is 1. The molecule has 1 aliphatic heterocycles. The Labute approximate surface area is 227 Å². The Balaban J connectivity index is 1.86. The van der Waals surface area contributed by atoms with Crippen LogP contribution in [0.25, 0.3) is 0 Å².